The molecule has 0 radical (unpaired) electrons. The van der Waals surface area contributed by atoms with E-state index in [1.54, 1.807) is 17.3 Å². The molecule has 21 heavy (non-hydrogen) atoms. The Morgan fingerprint density at radius 3 is 2.76 bits per heavy atom. The Morgan fingerprint density at radius 1 is 1.43 bits per heavy atom. The van der Waals surface area contributed by atoms with E-state index in [0.717, 1.165) is 17.7 Å². The Kier molecular flexibility index (Phi) is 4.57. The molecule has 0 bridgehead atoms. The van der Waals surface area contributed by atoms with E-state index >= 15 is 0 Å². The molecule has 1 aromatic rings. The molecule has 114 valence electrons. The summed E-state index contributed by atoms with van der Waals surface area (Å²) >= 11 is 6.00. The van der Waals surface area contributed by atoms with Gasteiger partial charge in [0.1, 0.15) is 5.60 Å². The van der Waals surface area contributed by atoms with E-state index in [1.165, 1.54) is 0 Å². The minimum absolute atomic E-state index is 0.333. The summed E-state index contributed by atoms with van der Waals surface area (Å²) in [6.07, 6.45) is 5.92. The van der Waals surface area contributed by atoms with Gasteiger partial charge in [-0.05, 0) is 39.2 Å². The van der Waals surface area contributed by atoms with Crippen LogP contribution in [0, 0.1) is 5.92 Å². The van der Waals surface area contributed by atoms with Gasteiger partial charge in [0.05, 0.1) is 10.7 Å². The molecule has 4 nitrogen and oxygen atoms in total. The van der Waals surface area contributed by atoms with E-state index in [1.807, 2.05) is 32.9 Å². The van der Waals surface area contributed by atoms with E-state index in [2.05, 4.69) is 11.9 Å². The maximum Gasteiger partial charge on any atom is 0.414 e. The van der Waals surface area contributed by atoms with Crippen LogP contribution in [0.2, 0.25) is 5.02 Å². The molecule has 0 saturated carbocycles. The van der Waals surface area contributed by atoms with E-state index in [4.69, 9.17) is 16.3 Å². The van der Waals surface area contributed by atoms with Gasteiger partial charge in [-0.3, -0.25) is 9.88 Å². The fourth-order valence-corrected chi connectivity index (χ4v) is 2.40. The lowest BCUT2D eigenvalue weighted by atomic mass is 9.99. The lowest BCUT2D eigenvalue weighted by molar-refractivity contribution is 0.0327. The van der Waals surface area contributed by atoms with Crippen molar-refractivity contribution in [1.29, 1.82) is 0 Å². The van der Waals surface area contributed by atoms with E-state index < -0.39 is 5.60 Å². The Balaban J connectivity index is 2.30. The van der Waals surface area contributed by atoms with Gasteiger partial charge in [0.15, 0.2) is 0 Å². The molecular weight excluding hydrogens is 288 g/mol. The van der Waals surface area contributed by atoms with Crippen LogP contribution in [0.25, 0.3) is 5.70 Å². The van der Waals surface area contributed by atoms with Crippen molar-refractivity contribution < 1.29 is 9.53 Å². The molecule has 1 atom stereocenters. The topological polar surface area (TPSA) is 42.4 Å². The summed E-state index contributed by atoms with van der Waals surface area (Å²) in [5, 5.41) is 0.552. The van der Waals surface area contributed by atoms with Crippen LogP contribution in [-0.4, -0.2) is 28.1 Å². The van der Waals surface area contributed by atoms with Crippen LogP contribution >= 0.6 is 11.6 Å². The predicted molar refractivity (Wildman–Crippen MR) is 83.9 cm³/mol. The fourth-order valence-electron chi connectivity index (χ4n) is 2.22. The minimum atomic E-state index is -0.518. The lowest BCUT2D eigenvalue weighted by Gasteiger charge is -2.33. The fraction of sp³-hybridized carbons (Fsp3) is 0.500. The van der Waals surface area contributed by atoms with Gasteiger partial charge in [-0.25, -0.2) is 4.79 Å². The van der Waals surface area contributed by atoms with Gasteiger partial charge in [-0.1, -0.05) is 24.6 Å². The quantitative estimate of drug-likeness (QED) is 0.774. The highest BCUT2D eigenvalue weighted by atomic mass is 35.5. The average molecular weight is 309 g/mol. The zero-order valence-electron chi connectivity index (χ0n) is 12.9. The third-order valence-corrected chi connectivity index (χ3v) is 3.32. The lowest BCUT2D eigenvalue weighted by Crippen LogP contribution is -2.39. The Bertz CT molecular complexity index is 564. The van der Waals surface area contributed by atoms with Crippen molar-refractivity contribution in [2.45, 2.75) is 39.7 Å². The van der Waals surface area contributed by atoms with Crippen molar-refractivity contribution in [1.82, 2.24) is 9.88 Å². The van der Waals surface area contributed by atoms with Crippen molar-refractivity contribution in [3.8, 4) is 0 Å². The molecule has 2 rings (SSSR count). The third kappa shape index (κ3) is 4.21. The molecule has 0 aromatic carbocycles. The highest BCUT2D eigenvalue weighted by Gasteiger charge is 2.29. The molecule has 1 aliphatic rings. The van der Waals surface area contributed by atoms with Gasteiger partial charge in [0, 0.05) is 24.5 Å². The Hall–Kier alpha value is -1.55. The molecule has 0 aliphatic carbocycles. The molecule has 0 fully saturated rings. The average Bonchev–Trinajstić information content (AvgIpc) is 2.36. The first-order chi connectivity index (χ1) is 9.76. The van der Waals surface area contributed by atoms with E-state index in [-0.39, 0.29) is 6.09 Å². The van der Waals surface area contributed by atoms with Gasteiger partial charge >= 0.3 is 6.09 Å². The molecule has 2 heterocycles. The molecule has 1 aromatic heterocycles. The van der Waals surface area contributed by atoms with Crippen LogP contribution in [0.5, 0.6) is 0 Å². The van der Waals surface area contributed by atoms with E-state index in [9.17, 15) is 4.79 Å². The maximum absolute atomic E-state index is 12.4. The Morgan fingerprint density at radius 2 is 2.14 bits per heavy atom. The number of carbonyl (C=O) groups is 1. The van der Waals surface area contributed by atoms with Crippen LogP contribution in [0.3, 0.4) is 0 Å². The van der Waals surface area contributed by atoms with Gasteiger partial charge in [0.2, 0.25) is 0 Å². The summed E-state index contributed by atoms with van der Waals surface area (Å²) in [5.41, 5.74) is 1.13. The molecular formula is C16H21ClN2O2. The monoisotopic (exact) mass is 308 g/mol. The van der Waals surface area contributed by atoms with Crippen molar-refractivity contribution in [3.63, 3.8) is 0 Å². The summed E-state index contributed by atoms with van der Waals surface area (Å²) in [4.78, 5) is 18.2. The number of carbonyl (C=O) groups excluding carboxylic acids is 1. The van der Waals surface area contributed by atoms with Gasteiger partial charge in [-0.15, -0.1) is 0 Å². The van der Waals surface area contributed by atoms with Crippen molar-refractivity contribution in [3.05, 3.63) is 35.1 Å². The van der Waals surface area contributed by atoms with Gasteiger partial charge < -0.3 is 4.74 Å². The van der Waals surface area contributed by atoms with Crippen LogP contribution in [0.4, 0.5) is 4.79 Å². The number of pyridine rings is 1. The number of hydrogen-bond donors (Lipinski definition) is 0. The summed E-state index contributed by atoms with van der Waals surface area (Å²) < 4.78 is 5.50. The number of allylic oxidation sites excluding steroid dienone is 1. The van der Waals surface area contributed by atoms with Crippen LogP contribution in [0.1, 0.15) is 39.7 Å². The molecule has 5 heteroatoms. The number of nitrogens with zero attached hydrogens (tertiary/aromatic N) is 2. The highest BCUT2D eigenvalue weighted by molar-refractivity contribution is 6.30. The first-order valence-electron chi connectivity index (χ1n) is 7.08. The smallest absolute Gasteiger partial charge is 0.414 e. The third-order valence-electron chi connectivity index (χ3n) is 3.11. The number of hydrogen-bond acceptors (Lipinski definition) is 3. The number of amides is 1. The normalized spacial score (nSPS) is 19.2. The first kappa shape index (κ1) is 15.8. The van der Waals surface area contributed by atoms with Crippen LogP contribution < -0.4 is 0 Å². The molecule has 0 unspecified atom stereocenters. The summed E-state index contributed by atoms with van der Waals surface area (Å²) in [7, 11) is 0. The molecule has 1 amide bonds. The summed E-state index contributed by atoms with van der Waals surface area (Å²) in [6.45, 7) is 8.34. The minimum Gasteiger partial charge on any atom is -0.443 e. The largest absolute Gasteiger partial charge is 0.443 e. The molecule has 0 spiro atoms. The zero-order chi connectivity index (χ0) is 15.6. The van der Waals surface area contributed by atoms with Crippen molar-refractivity contribution in [2.75, 3.05) is 6.54 Å². The second-order valence-corrected chi connectivity index (χ2v) is 6.85. The van der Waals surface area contributed by atoms with Crippen LogP contribution in [0.15, 0.2) is 24.5 Å². The Labute approximate surface area is 130 Å². The second-order valence-electron chi connectivity index (χ2n) is 6.41. The number of rotatable bonds is 1. The molecule has 0 N–H and O–H groups in total. The maximum atomic E-state index is 12.4. The summed E-state index contributed by atoms with van der Waals surface area (Å²) in [6, 6.07) is 1.81. The van der Waals surface area contributed by atoms with Crippen molar-refractivity contribution >= 4 is 23.4 Å². The van der Waals surface area contributed by atoms with Crippen molar-refractivity contribution in [2.24, 2.45) is 5.92 Å². The molecule has 1 aliphatic heterocycles. The van der Waals surface area contributed by atoms with Gasteiger partial charge in [0.25, 0.3) is 0 Å². The molecule has 0 saturated heterocycles. The zero-order valence-corrected chi connectivity index (χ0v) is 13.6. The SMILES string of the molecule is C[C@H]1CC=C(c2cncc(Cl)c2)N(C(=O)OC(C)(C)C)C1. The highest BCUT2D eigenvalue weighted by Crippen LogP contribution is 2.29. The van der Waals surface area contributed by atoms with Crippen LogP contribution in [-0.2, 0) is 4.74 Å². The first-order valence-corrected chi connectivity index (χ1v) is 7.45. The number of ether oxygens (including phenoxy) is 1. The number of aromatic nitrogens is 1. The van der Waals surface area contributed by atoms with E-state index in [0.29, 0.717) is 17.5 Å². The van der Waals surface area contributed by atoms with Gasteiger partial charge in [-0.2, -0.15) is 0 Å². The second kappa shape index (κ2) is 6.06. The number of halogens is 1. The predicted octanol–water partition coefficient (Wildman–Crippen LogP) is 4.35. The summed E-state index contributed by atoms with van der Waals surface area (Å²) in [5.74, 6) is 0.397. The standard InChI is InChI=1S/C16H21ClN2O2/c1-11-5-6-14(12-7-13(17)9-18-8-12)19(10-11)15(20)21-16(2,3)4/h6-9,11H,5,10H2,1-4H3/t11-/m0/s1.